The number of rotatable bonds is 5. The molecule has 0 aromatic heterocycles. The van der Waals surface area contributed by atoms with Gasteiger partial charge in [0.25, 0.3) is 0 Å². The lowest BCUT2D eigenvalue weighted by molar-refractivity contribution is -0.153. The van der Waals surface area contributed by atoms with Crippen molar-refractivity contribution in [2.75, 3.05) is 6.61 Å². The molecule has 0 spiro atoms. The van der Waals surface area contributed by atoms with E-state index in [0.29, 0.717) is 41.2 Å². The fourth-order valence-corrected chi connectivity index (χ4v) is 11.0. The molecule has 29 heavy (non-hydrogen) atoms. The molecule has 0 bridgehead atoms. The number of fused-ring (bicyclic) bond motifs is 5. The van der Waals surface area contributed by atoms with Gasteiger partial charge in [0.2, 0.25) is 0 Å². The summed E-state index contributed by atoms with van der Waals surface area (Å²) in [6.07, 6.45) is 9.08. The zero-order valence-corrected chi connectivity index (χ0v) is 20.4. The summed E-state index contributed by atoms with van der Waals surface area (Å²) in [6.45, 7) is 12.5. The van der Waals surface area contributed by atoms with Crippen molar-refractivity contribution in [2.45, 2.75) is 97.7 Å². The van der Waals surface area contributed by atoms with Crippen molar-refractivity contribution in [1.82, 2.24) is 0 Å². The van der Waals surface area contributed by atoms with E-state index < -0.39 is 8.32 Å². The van der Waals surface area contributed by atoms with E-state index in [9.17, 15) is 9.59 Å². The van der Waals surface area contributed by atoms with Gasteiger partial charge in [0.15, 0.2) is 8.32 Å². The zero-order valence-electron chi connectivity index (χ0n) is 19.4. The average Bonchev–Trinajstić information content (AvgIpc) is 2.94. The van der Waals surface area contributed by atoms with Crippen LogP contribution in [0.5, 0.6) is 0 Å². The molecular weight excluding hydrogens is 376 g/mol. The van der Waals surface area contributed by atoms with Gasteiger partial charge in [0.1, 0.15) is 11.6 Å². The lowest BCUT2D eigenvalue weighted by atomic mass is 9.45. The molecule has 4 saturated carbocycles. The normalized spacial score (nSPS) is 42.6. The molecule has 0 N–H and O–H groups in total. The molecule has 6 atom stereocenters. The van der Waals surface area contributed by atoms with E-state index in [1.54, 1.807) is 0 Å². The number of hydrogen-bond acceptors (Lipinski definition) is 3. The largest absolute Gasteiger partial charge is 0.417 e. The Labute approximate surface area is 178 Å². The van der Waals surface area contributed by atoms with Gasteiger partial charge in [-0.3, -0.25) is 9.59 Å². The Bertz CT molecular complexity index is 671. The Morgan fingerprint density at radius 3 is 2.52 bits per heavy atom. The highest BCUT2D eigenvalue weighted by atomic mass is 28.4. The van der Waals surface area contributed by atoms with Gasteiger partial charge in [0.05, 0.1) is 0 Å². The van der Waals surface area contributed by atoms with Gasteiger partial charge >= 0.3 is 0 Å². The third kappa shape index (κ3) is 3.71. The van der Waals surface area contributed by atoms with Crippen LogP contribution in [0.4, 0.5) is 0 Å². The molecule has 164 valence electrons. The summed E-state index contributed by atoms with van der Waals surface area (Å²) in [4.78, 5) is 25.1. The van der Waals surface area contributed by atoms with E-state index in [-0.39, 0.29) is 10.8 Å². The maximum Gasteiger partial charge on any atom is 0.187 e. The van der Waals surface area contributed by atoms with Crippen LogP contribution in [0.15, 0.2) is 0 Å². The monoisotopic (exact) mass is 418 g/mol. The van der Waals surface area contributed by atoms with E-state index >= 15 is 0 Å². The molecule has 0 aliphatic heterocycles. The summed E-state index contributed by atoms with van der Waals surface area (Å²) in [5.41, 5.74) is 0.122. The average molecular weight is 419 g/mol. The number of hydrogen-bond donors (Lipinski definition) is 0. The maximum atomic E-state index is 12.7. The molecule has 4 aliphatic carbocycles. The second kappa shape index (κ2) is 7.58. The third-order valence-corrected chi connectivity index (χ3v) is 12.2. The smallest absolute Gasteiger partial charge is 0.187 e. The van der Waals surface area contributed by atoms with E-state index in [0.717, 1.165) is 45.1 Å². The van der Waals surface area contributed by atoms with Crippen LogP contribution in [-0.2, 0) is 14.0 Å². The van der Waals surface area contributed by atoms with Crippen LogP contribution in [0.1, 0.15) is 78.6 Å². The van der Waals surface area contributed by atoms with Crippen LogP contribution < -0.4 is 0 Å². The van der Waals surface area contributed by atoms with E-state index in [4.69, 9.17) is 4.43 Å². The third-order valence-electron chi connectivity index (χ3n) is 9.52. The molecule has 0 heterocycles. The lowest BCUT2D eigenvalue weighted by Crippen LogP contribution is -2.57. The number of carbonyl (C=O) groups excluding carboxylic acids is 2. The Morgan fingerprint density at radius 2 is 1.79 bits per heavy atom. The predicted octanol–water partition coefficient (Wildman–Crippen LogP) is 6.03. The summed E-state index contributed by atoms with van der Waals surface area (Å²) in [5, 5.41) is 0. The summed E-state index contributed by atoms with van der Waals surface area (Å²) >= 11 is 0. The highest BCUT2D eigenvalue weighted by Crippen LogP contribution is 2.65. The van der Waals surface area contributed by atoms with Crippen molar-refractivity contribution in [1.29, 1.82) is 0 Å². The van der Waals surface area contributed by atoms with Gasteiger partial charge in [0, 0.05) is 31.3 Å². The molecule has 0 radical (unpaired) electrons. The van der Waals surface area contributed by atoms with Gasteiger partial charge in [-0.25, -0.2) is 0 Å². The first kappa shape index (κ1) is 21.7. The lowest BCUT2D eigenvalue weighted by Gasteiger charge is -2.60. The van der Waals surface area contributed by atoms with Crippen LogP contribution in [0.25, 0.3) is 0 Å². The second-order valence-corrected chi connectivity index (χ2v) is 16.4. The topological polar surface area (TPSA) is 43.4 Å². The molecule has 0 amide bonds. The minimum absolute atomic E-state index is 0.0633. The van der Waals surface area contributed by atoms with E-state index in [1.165, 1.54) is 25.3 Å². The van der Waals surface area contributed by atoms with Gasteiger partial charge in [-0.05, 0) is 92.7 Å². The van der Waals surface area contributed by atoms with Crippen molar-refractivity contribution >= 4 is 19.9 Å². The maximum absolute atomic E-state index is 12.7. The summed E-state index contributed by atoms with van der Waals surface area (Å²) in [7, 11) is -1.70. The van der Waals surface area contributed by atoms with Gasteiger partial charge in [-0.1, -0.05) is 20.8 Å². The first-order valence-corrected chi connectivity index (χ1v) is 15.4. The first-order valence-electron chi connectivity index (χ1n) is 12.3. The van der Waals surface area contributed by atoms with Gasteiger partial charge in [-0.2, -0.15) is 0 Å². The molecule has 4 rings (SSSR count). The standard InChI is InChI=1S/C25H42O3Si/c1-17(2)15-29(4,5)28-16-25-13-10-19(26)14-18(25)6-7-20-21-8-9-23(27)24(21,3)12-11-22(20)25/h17-18,20-22H,6-16H2,1-5H3/t18?,20-,21-,22+,24-,25+/m0/s1. The molecule has 3 nitrogen and oxygen atoms in total. The van der Waals surface area contributed by atoms with Crippen molar-refractivity contribution in [3.8, 4) is 0 Å². The highest BCUT2D eigenvalue weighted by molar-refractivity contribution is 6.71. The molecule has 0 saturated heterocycles. The molecule has 4 heteroatoms. The molecule has 4 aliphatic rings. The number of carbonyl (C=O) groups is 2. The first-order chi connectivity index (χ1) is 13.6. The van der Waals surface area contributed by atoms with Crippen LogP contribution >= 0.6 is 0 Å². The predicted molar refractivity (Wildman–Crippen MR) is 119 cm³/mol. The van der Waals surface area contributed by atoms with Crippen molar-refractivity contribution in [3.05, 3.63) is 0 Å². The van der Waals surface area contributed by atoms with Crippen molar-refractivity contribution in [3.63, 3.8) is 0 Å². The van der Waals surface area contributed by atoms with Crippen LogP contribution in [0.3, 0.4) is 0 Å². The fraction of sp³-hybridized carbons (Fsp3) is 0.920. The van der Waals surface area contributed by atoms with Gasteiger partial charge in [-0.15, -0.1) is 0 Å². The number of ketones is 2. The summed E-state index contributed by atoms with van der Waals surface area (Å²) in [5.74, 6) is 4.08. The molecule has 0 aromatic carbocycles. The van der Waals surface area contributed by atoms with Crippen LogP contribution in [0, 0.1) is 40.4 Å². The van der Waals surface area contributed by atoms with Gasteiger partial charge < -0.3 is 4.43 Å². The summed E-state index contributed by atoms with van der Waals surface area (Å²) in [6, 6.07) is 1.20. The van der Waals surface area contributed by atoms with Crippen molar-refractivity contribution < 1.29 is 14.0 Å². The number of Topliss-reactive ketones (excluding diaryl/α,β-unsaturated/α-hetero) is 2. The Balaban J connectivity index is 1.61. The molecule has 0 aromatic rings. The minimum Gasteiger partial charge on any atom is -0.417 e. The summed E-state index contributed by atoms with van der Waals surface area (Å²) < 4.78 is 6.84. The molecule has 4 fully saturated rings. The SMILES string of the molecule is CC(C)C[Si](C)(C)OC[C@]12CCC(=O)CC1CC[C@@H]1[C@H]2CC[C@]2(C)C(=O)CC[C@@H]12. The Hall–Kier alpha value is -0.483. The molecule has 1 unspecified atom stereocenters. The van der Waals surface area contributed by atoms with E-state index in [1.807, 2.05) is 0 Å². The minimum atomic E-state index is -1.70. The van der Waals surface area contributed by atoms with Crippen molar-refractivity contribution in [2.24, 2.45) is 40.4 Å². The fourth-order valence-electron chi connectivity index (χ4n) is 8.27. The Morgan fingerprint density at radius 1 is 1.03 bits per heavy atom. The Kier molecular flexibility index (Phi) is 5.68. The van der Waals surface area contributed by atoms with E-state index in [2.05, 4.69) is 33.9 Å². The zero-order chi connectivity index (χ0) is 21.0. The molecular formula is C25H42O3Si. The van der Waals surface area contributed by atoms with Crippen LogP contribution in [0.2, 0.25) is 19.1 Å². The quantitative estimate of drug-likeness (QED) is 0.512. The van der Waals surface area contributed by atoms with Crippen LogP contribution in [-0.4, -0.2) is 26.5 Å². The second-order valence-electron chi connectivity index (χ2n) is 12.2. The highest BCUT2D eigenvalue weighted by Gasteiger charge is 2.61.